The number of carbonyl (C=O) groups excluding carboxylic acids is 3. The second kappa shape index (κ2) is 4.25. The molecule has 0 bridgehead atoms. The Labute approximate surface area is 97.4 Å². The van der Waals surface area contributed by atoms with Crippen LogP contribution in [0.2, 0.25) is 0 Å². The van der Waals surface area contributed by atoms with E-state index >= 15 is 0 Å². The summed E-state index contributed by atoms with van der Waals surface area (Å²) in [5, 5.41) is 7.31. The first-order chi connectivity index (χ1) is 8.11. The van der Waals surface area contributed by atoms with Gasteiger partial charge in [0.05, 0.1) is 11.1 Å². The van der Waals surface area contributed by atoms with Crippen molar-refractivity contribution in [3.05, 3.63) is 29.3 Å². The van der Waals surface area contributed by atoms with Gasteiger partial charge in [-0.1, -0.05) is 0 Å². The second-order valence-corrected chi connectivity index (χ2v) is 3.53. The third-order valence-corrected chi connectivity index (χ3v) is 2.33. The van der Waals surface area contributed by atoms with Gasteiger partial charge in [-0.3, -0.25) is 14.9 Å². The molecule has 0 fully saturated rings. The zero-order valence-corrected chi connectivity index (χ0v) is 9.16. The standard InChI is InChI=1S/C11H11N3O3/c1-2-12-11(17)13-6-3-4-7-8(5-6)10(16)14-9(7)15/h3-5H,2H2,1H3,(H2,12,13,17)(H,14,15,16). The van der Waals surface area contributed by atoms with Crippen molar-refractivity contribution in [1.82, 2.24) is 10.6 Å². The van der Waals surface area contributed by atoms with Crippen molar-refractivity contribution >= 4 is 23.5 Å². The fourth-order valence-electron chi connectivity index (χ4n) is 1.58. The van der Waals surface area contributed by atoms with Crippen molar-refractivity contribution in [3.8, 4) is 0 Å². The van der Waals surface area contributed by atoms with E-state index in [4.69, 9.17) is 0 Å². The first-order valence-electron chi connectivity index (χ1n) is 5.16. The molecular formula is C11H11N3O3. The Bertz CT molecular complexity index is 511. The van der Waals surface area contributed by atoms with Gasteiger partial charge in [0.25, 0.3) is 11.8 Å². The molecule has 1 aromatic carbocycles. The smallest absolute Gasteiger partial charge is 0.319 e. The van der Waals surface area contributed by atoms with Crippen LogP contribution < -0.4 is 16.0 Å². The molecule has 88 valence electrons. The summed E-state index contributed by atoms with van der Waals surface area (Å²) in [5.74, 6) is -0.848. The molecule has 0 spiro atoms. The zero-order chi connectivity index (χ0) is 12.4. The molecule has 0 atom stereocenters. The van der Waals surface area contributed by atoms with E-state index in [1.807, 2.05) is 0 Å². The molecule has 0 aliphatic carbocycles. The van der Waals surface area contributed by atoms with E-state index in [0.29, 0.717) is 17.8 Å². The van der Waals surface area contributed by atoms with Crippen LogP contribution in [0, 0.1) is 0 Å². The molecule has 0 saturated heterocycles. The maximum absolute atomic E-state index is 11.4. The van der Waals surface area contributed by atoms with E-state index in [2.05, 4.69) is 16.0 Å². The van der Waals surface area contributed by atoms with Crippen molar-refractivity contribution in [3.63, 3.8) is 0 Å². The molecular weight excluding hydrogens is 222 g/mol. The third kappa shape index (κ3) is 2.10. The van der Waals surface area contributed by atoms with Crippen LogP contribution in [0.15, 0.2) is 18.2 Å². The highest BCUT2D eigenvalue weighted by Gasteiger charge is 2.26. The maximum Gasteiger partial charge on any atom is 0.319 e. The van der Waals surface area contributed by atoms with Gasteiger partial charge in [-0.25, -0.2) is 4.79 Å². The van der Waals surface area contributed by atoms with E-state index in [-0.39, 0.29) is 11.6 Å². The summed E-state index contributed by atoms with van der Waals surface area (Å²) in [5.41, 5.74) is 1.08. The fraction of sp³-hybridized carbons (Fsp3) is 0.182. The maximum atomic E-state index is 11.4. The van der Waals surface area contributed by atoms with Gasteiger partial charge >= 0.3 is 6.03 Å². The number of urea groups is 1. The van der Waals surface area contributed by atoms with E-state index in [1.165, 1.54) is 12.1 Å². The number of benzene rings is 1. The van der Waals surface area contributed by atoms with Crippen LogP contribution in [0.4, 0.5) is 10.5 Å². The molecule has 17 heavy (non-hydrogen) atoms. The van der Waals surface area contributed by atoms with Crippen LogP contribution in [-0.4, -0.2) is 24.4 Å². The van der Waals surface area contributed by atoms with E-state index in [0.717, 1.165) is 0 Å². The molecule has 1 aliphatic heterocycles. The molecule has 2 rings (SSSR count). The van der Waals surface area contributed by atoms with Gasteiger partial charge in [-0.05, 0) is 25.1 Å². The molecule has 6 nitrogen and oxygen atoms in total. The average Bonchev–Trinajstić information content (AvgIpc) is 2.55. The van der Waals surface area contributed by atoms with Gasteiger partial charge in [0.15, 0.2) is 0 Å². The van der Waals surface area contributed by atoms with Crippen LogP contribution in [0.3, 0.4) is 0 Å². The average molecular weight is 233 g/mol. The molecule has 0 unspecified atom stereocenters. The van der Waals surface area contributed by atoms with Crippen molar-refractivity contribution in [2.45, 2.75) is 6.92 Å². The van der Waals surface area contributed by atoms with Crippen molar-refractivity contribution in [1.29, 1.82) is 0 Å². The second-order valence-electron chi connectivity index (χ2n) is 3.53. The van der Waals surface area contributed by atoms with Crippen LogP contribution >= 0.6 is 0 Å². The lowest BCUT2D eigenvalue weighted by atomic mass is 10.1. The van der Waals surface area contributed by atoms with Crippen LogP contribution in [0.5, 0.6) is 0 Å². The highest BCUT2D eigenvalue weighted by Crippen LogP contribution is 2.20. The molecule has 4 amide bonds. The van der Waals surface area contributed by atoms with Crippen LogP contribution in [0.1, 0.15) is 27.6 Å². The third-order valence-electron chi connectivity index (χ3n) is 2.33. The Hall–Kier alpha value is -2.37. The summed E-state index contributed by atoms with van der Waals surface area (Å²) in [6, 6.07) is 4.21. The molecule has 0 radical (unpaired) electrons. The number of hydrogen-bond donors (Lipinski definition) is 3. The number of amides is 4. The van der Waals surface area contributed by atoms with Crippen LogP contribution in [0.25, 0.3) is 0 Å². The Morgan fingerprint density at radius 2 is 1.94 bits per heavy atom. The van der Waals surface area contributed by atoms with Gasteiger partial charge in [-0.2, -0.15) is 0 Å². The van der Waals surface area contributed by atoms with Crippen molar-refractivity contribution in [2.75, 3.05) is 11.9 Å². The Balaban J connectivity index is 2.23. The first kappa shape index (κ1) is 11.1. The summed E-state index contributed by atoms with van der Waals surface area (Å²) in [4.78, 5) is 33.9. The quantitative estimate of drug-likeness (QED) is 0.657. The molecule has 0 saturated carbocycles. The summed E-state index contributed by atoms with van der Waals surface area (Å²) in [6.45, 7) is 2.31. The lowest BCUT2D eigenvalue weighted by Gasteiger charge is -2.06. The largest absolute Gasteiger partial charge is 0.338 e. The predicted octanol–water partition coefficient (Wildman–Crippen LogP) is 0.712. The molecule has 1 aliphatic rings. The van der Waals surface area contributed by atoms with E-state index < -0.39 is 11.8 Å². The van der Waals surface area contributed by atoms with E-state index in [1.54, 1.807) is 13.0 Å². The number of nitrogens with one attached hydrogen (secondary N) is 3. The Morgan fingerprint density at radius 3 is 2.65 bits per heavy atom. The van der Waals surface area contributed by atoms with Gasteiger partial charge in [0, 0.05) is 12.2 Å². The number of imide groups is 1. The van der Waals surface area contributed by atoms with Gasteiger partial charge in [-0.15, -0.1) is 0 Å². The predicted molar refractivity (Wildman–Crippen MR) is 60.9 cm³/mol. The summed E-state index contributed by atoms with van der Waals surface area (Å²) >= 11 is 0. The zero-order valence-electron chi connectivity index (χ0n) is 9.16. The van der Waals surface area contributed by atoms with Crippen LogP contribution in [-0.2, 0) is 0 Å². The molecule has 3 N–H and O–H groups in total. The lowest BCUT2D eigenvalue weighted by molar-refractivity contribution is 0.0879. The normalized spacial score (nSPS) is 13.0. The number of carbonyl (C=O) groups is 3. The summed E-state index contributed by atoms with van der Waals surface area (Å²) < 4.78 is 0. The number of rotatable bonds is 2. The molecule has 1 aromatic rings. The van der Waals surface area contributed by atoms with Gasteiger partial charge in [0.2, 0.25) is 0 Å². The van der Waals surface area contributed by atoms with Crippen molar-refractivity contribution in [2.24, 2.45) is 0 Å². The minimum atomic E-state index is -0.440. The minimum absolute atomic E-state index is 0.282. The first-order valence-corrected chi connectivity index (χ1v) is 5.16. The summed E-state index contributed by atoms with van der Waals surface area (Å²) in [6.07, 6.45) is 0. The minimum Gasteiger partial charge on any atom is -0.338 e. The fourth-order valence-corrected chi connectivity index (χ4v) is 1.58. The molecule has 1 heterocycles. The van der Waals surface area contributed by atoms with Crippen molar-refractivity contribution < 1.29 is 14.4 Å². The highest BCUT2D eigenvalue weighted by molar-refractivity contribution is 6.21. The van der Waals surface area contributed by atoms with Gasteiger partial charge in [0.1, 0.15) is 0 Å². The SMILES string of the molecule is CCNC(=O)Nc1ccc2c(c1)C(=O)NC2=O. The topological polar surface area (TPSA) is 87.3 Å². The Kier molecular flexibility index (Phi) is 2.78. The highest BCUT2D eigenvalue weighted by atomic mass is 16.2. The summed E-state index contributed by atoms with van der Waals surface area (Å²) in [7, 11) is 0. The number of fused-ring (bicyclic) bond motifs is 1. The van der Waals surface area contributed by atoms with E-state index in [9.17, 15) is 14.4 Å². The lowest BCUT2D eigenvalue weighted by Crippen LogP contribution is -2.28. The molecule has 0 aromatic heterocycles. The Morgan fingerprint density at radius 1 is 1.24 bits per heavy atom. The molecule has 6 heteroatoms. The van der Waals surface area contributed by atoms with Gasteiger partial charge < -0.3 is 10.6 Å². The monoisotopic (exact) mass is 233 g/mol. The number of anilines is 1. The number of hydrogen-bond acceptors (Lipinski definition) is 3.